The van der Waals surface area contributed by atoms with Crippen LogP contribution < -0.4 is 0 Å². The van der Waals surface area contributed by atoms with Crippen LogP contribution >= 0.6 is 11.8 Å². The highest BCUT2D eigenvalue weighted by Crippen LogP contribution is 2.38. The molecular formula is C20H12N4OS. The van der Waals surface area contributed by atoms with Crippen LogP contribution in [0.1, 0.15) is 0 Å². The second kappa shape index (κ2) is 6.24. The van der Waals surface area contributed by atoms with Crippen LogP contribution in [0.15, 0.2) is 87.6 Å². The summed E-state index contributed by atoms with van der Waals surface area (Å²) < 4.78 is 5.86. The van der Waals surface area contributed by atoms with E-state index < -0.39 is 0 Å². The minimum absolute atomic E-state index is 0.484. The Labute approximate surface area is 153 Å². The Morgan fingerprint density at radius 2 is 1.38 bits per heavy atom. The van der Waals surface area contributed by atoms with Gasteiger partial charge in [0, 0.05) is 33.6 Å². The van der Waals surface area contributed by atoms with Crippen molar-refractivity contribution in [2.45, 2.75) is 10.1 Å². The lowest BCUT2D eigenvalue weighted by Crippen LogP contribution is -1.87. The highest BCUT2D eigenvalue weighted by molar-refractivity contribution is 7.99. The predicted molar refractivity (Wildman–Crippen MR) is 101 cm³/mol. The molecule has 3 aromatic heterocycles. The van der Waals surface area contributed by atoms with Crippen molar-refractivity contribution in [3.05, 3.63) is 73.1 Å². The van der Waals surface area contributed by atoms with Gasteiger partial charge in [-0.15, -0.1) is 10.2 Å². The van der Waals surface area contributed by atoms with Crippen molar-refractivity contribution < 1.29 is 4.42 Å². The van der Waals surface area contributed by atoms with E-state index in [-0.39, 0.29) is 0 Å². The van der Waals surface area contributed by atoms with Gasteiger partial charge in [-0.2, -0.15) is 0 Å². The summed E-state index contributed by atoms with van der Waals surface area (Å²) in [6.07, 6.45) is 3.41. The van der Waals surface area contributed by atoms with Crippen LogP contribution in [0.25, 0.3) is 33.3 Å². The van der Waals surface area contributed by atoms with Crippen molar-refractivity contribution in [1.82, 2.24) is 20.2 Å². The van der Waals surface area contributed by atoms with Gasteiger partial charge in [-0.1, -0.05) is 36.4 Å². The molecule has 5 nitrogen and oxygen atoms in total. The molecule has 0 amide bonds. The van der Waals surface area contributed by atoms with Gasteiger partial charge in [0.2, 0.25) is 5.89 Å². The summed E-state index contributed by atoms with van der Waals surface area (Å²) in [5.41, 5.74) is 2.74. The molecule has 0 N–H and O–H groups in total. The molecule has 0 aliphatic heterocycles. The van der Waals surface area contributed by atoms with Gasteiger partial charge in [0.15, 0.2) is 0 Å². The summed E-state index contributed by atoms with van der Waals surface area (Å²) in [6.45, 7) is 0. The molecule has 124 valence electrons. The van der Waals surface area contributed by atoms with Crippen LogP contribution in [-0.2, 0) is 0 Å². The lowest BCUT2D eigenvalue weighted by atomic mass is 10.1. The zero-order valence-electron chi connectivity index (χ0n) is 13.5. The molecule has 0 spiro atoms. The standard InChI is InChI=1S/C20H12N4OS/c1-3-7-16-14(5-1)18(15-6-2-4-8-17(15)22-16)26-20-24-23-19(25-20)13-9-11-21-12-10-13/h1-12H. The van der Waals surface area contributed by atoms with Crippen molar-refractivity contribution in [2.24, 2.45) is 0 Å². The number of hydrogen-bond donors (Lipinski definition) is 0. The zero-order chi connectivity index (χ0) is 17.3. The smallest absolute Gasteiger partial charge is 0.281 e. The number of fused-ring (bicyclic) bond motifs is 2. The van der Waals surface area contributed by atoms with Crippen LogP contribution in [0.5, 0.6) is 0 Å². The summed E-state index contributed by atoms with van der Waals surface area (Å²) in [6, 6.07) is 19.9. The predicted octanol–water partition coefficient (Wildman–Crippen LogP) is 4.98. The lowest BCUT2D eigenvalue weighted by Gasteiger charge is -2.08. The van der Waals surface area contributed by atoms with Crippen molar-refractivity contribution in [1.29, 1.82) is 0 Å². The fourth-order valence-corrected chi connectivity index (χ4v) is 3.80. The van der Waals surface area contributed by atoms with Gasteiger partial charge in [0.05, 0.1) is 11.0 Å². The fraction of sp³-hybridized carbons (Fsp3) is 0. The molecule has 2 aromatic carbocycles. The van der Waals surface area contributed by atoms with Crippen LogP contribution in [0.2, 0.25) is 0 Å². The quantitative estimate of drug-likeness (QED) is 0.425. The topological polar surface area (TPSA) is 64.7 Å². The number of hydrogen-bond acceptors (Lipinski definition) is 6. The molecule has 5 rings (SSSR count). The Morgan fingerprint density at radius 3 is 2.08 bits per heavy atom. The number of nitrogens with zero attached hydrogens (tertiary/aromatic N) is 4. The van der Waals surface area contributed by atoms with E-state index >= 15 is 0 Å². The molecule has 3 heterocycles. The minimum atomic E-state index is 0.484. The van der Waals surface area contributed by atoms with E-state index in [0.29, 0.717) is 11.1 Å². The summed E-state index contributed by atoms with van der Waals surface area (Å²) in [7, 11) is 0. The molecule has 6 heteroatoms. The maximum atomic E-state index is 5.86. The average molecular weight is 356 g/mol. The molecule has 0 bridgehead atoms. The highest BCUT2D eigenvalue weighted by Gasteiger charge is 2.15. The molecule has 0 saturated heterocycles. The van der Waals surface area contributed by atoms with Crippen molar-refractivity contribution in [3.8, 4) is 11.5 Å². The number of para-hydroxylation sites is 2. The third-order valence-corrected chi connectivity index (χ3v) is 5.04. The van der Waals surface area contributed by atoms with Crippen molar-refractivity contribution in [3.63, 3.8) is 0 Å². The van der Waals surface area contributed by atoms with Gasteiger partial charge in [-0.3, -0.25) is 4.98 Å². The lowest BCUT2D eigenvalue weighted by molar-refractivity contribution is 0.466. The normalized spacial score (nSPS) is 11.2. The summed E-state index contributed by atoms with van der Waals surface area (Å²) >= 11 is 1.47. The maximum absolute atomic E-state index is 5.86. The molecule has 0 aliphatic carbocycles. The Balaban J connectivity index is 1.64. The Hall–Kier alpha value is -3.25. The summed E-state index contributed by atoms with van der Waals surface area (Å²) in [4.78, 5) is 9.82. The number of benzene rings is 2. The molecule has 0 radical (unpaired) electrons. The van der Waals surface area contributed by atoms with E-state index in [9.17, 15) is 0 Å². The Morgan fingerprint density at radius 1 is 0.731 bits per heavy atom. The second-order valence-corrected chi connectivity index (χ2v) is 6.65. The number of rotatable bonds is 3. The van der Waals surface area contributed by atoms with E-state index in [1.807, 2.05) is 48.5 Å². The van der Waals surface area contributed by atoms with Crippen molar-refractivity contribution >= 4 is 33.6 Å². The third-order valence-electron chi connectivity index (χ3n) is 4.06. The molecule has 26 heavy (non-hydrogen) atoms. The SMILES string of the molecule is c1ccc2c(Sc3nnc(-c4ccncc4)o3)c3ccccc3nc2c1. The highest BCUT2D eigenvalue weighted by atomic mass is 32.2. The average Bonchev–Trinajstić information content (AvgIpc) is 3.17. The molecule has 0 atom stereocenters. The van der Waals surface area contributed by atoms with Gasteiger partial charge in [0.1, 0.15) is 0 Å². The summed E-state index contributed by atoms with van der Waals surface area (Å²) in [5, 5.41) is 11.0. The van der Waals surface area contributed by atoms with E-state index in [4.69, 9.17) is 9.40 Å². The van der Waals surface area contributed by atoms with Crippen LogP contribution in [-0.4, -0.2) is 20.2 Å². The van der Waals surface area contributed by atoms with Gasteiger partial charge in [0.25, 0.3) is 5.22 Å². The Bertz CT molecular complexity index is 1170. The number of pyridine rings is 2. The molecule has 0 saturated carbocycles. The van der Waals surface area contributed by atoms with E-state index in [1.54, 1.807) is 12.4 Å². The van der Waals surface area contributed by atoms with Crippen LogP contribution in [0.3, 0.4) is 0 Å². The van der Waals surface area contributed by atoms with E-state index in [0.717, 1.165) is 32.3 Å². The molecule has 0 unspecified atom stereocenters. The first-order valence-electron chi connectivity index (χ1n) is 8.08. The monoisotopic (exact) mass is 356 g/mol. The van der Waals surface area contributed by atoms with Gasteiger partial charge < -0.3 is 4.42 Å². The van der Waals surface area contributed by atoms with Crippen molar-refractivity contribution in [2.75, 3.05) is 0 Å². The zero-order valence-corrected chi connectivity index (χ0v) is 14.4. The van der Waals surface area contributed by atoms with Crippen LogP contribution in [0, 0.1) is 0 Å². The van der Waals surface area contributed by atoms with Gasteiger partial charge in [-0.05, 0) is 36.0 Å². The molecule has 0 fully saturated rings. The third kappa shape index (κ3) is 2.60. The molecular weight excluding hydrogens is 344 g/mol. The first kappa shape index (κ1) is 15.0. The first-order valence-corrected chi connectivity index (χ1v) is 8.89. The fourth-order valence-electron chi connectivity index (χ4n) is 2.86. The van der Waals surface area contributed by atoms with E-state index in [2.05, 4.69) is 27.3 Å². The van der Waals surface area contributed by atoms with Crippen LogP contribution in [0.4, 0.5) is 0 Å². The molecule has 5 aromatic rings. The first-order chi connectivity index (χ1) is 12.9. The minimum Gasteiger partial charge on any atom is -0.411 e. The second-order valence-electron chi connectivity index (χ2n) is 5.69. The summed E-state index contributed by atoms with van der Waals surface area (Å²) in [5.74, 6) is 0.484. The number of aromatic nitrogens is 4. The van der Waals surface area contributed by atoms with Gasteiger partial charge in [-0.25, -0.2) is 4.98 Å². The maximum Gasteiger partial charge on any atom is 0.281 e. The van der Waals surface area contributed by atoms with E-state index in [1.165, 1.54) is 11.8 Å². The molecule has 0 aliphatic rings. The largest absolute Gasteiger partial charge is 0.411 e. The Kier molecular flexibility index (Phi) is 3.61. The van der Waals surface area contributed by atoms with Gasteiger partial charge >= 0.3 is 0 Å².